The molecule has 8 heteroatoms. The van der Waals surface area contributed by atoms with Gasteiger partial charge in [-0.3, -0.25) is 9.59 Å². The Labute approximate surface area is 161 Å². The molecule has 0 unspecified atom stereocenters. The Hall–Kier alpha value is -3.42. The van der Waals surface area contributed by atoms with E-state index in [1.165, 1.54) is 35.3 Å². The molecule has 2 aromatic heterocycles. The average Bonchev–Trinajstić information content (AvgIpc) is 2.62. The number of rotatable bonds is 3. The summed E-state index contributed by atoms with van der Waals surface area (Å²) in [4.78, 5) is 33.3. The van der Waals surface area contributed by atoms with Gasteiger partial charge in [0.25, 0.3) is 5.91 Å². The molecule has 0 aliphatic rings. The van der Waals surface area contributed by atoms with Gasteiger partial charge < -0.3 is 5.32 Å². The zero-order valence-corrected chi connectivity index (χ0v) is 16.0. The standard InChI is InChI=1S/C20H20FN5O2/c1-12-9-16(27)17(25-26(12)15-8-6-5-7-14(15)21)18(28)24-13-10-22-19(23-11-13)20(2,3)4/h5-11H,1-4H3,(H,24,28). The molecule has 1 aromatic carbocycles. The lowest BCUT2D eigenvalue weighted by Crippen LogP contribution is -2.27. The minimum atomic E-state index is -0.720. The van der Waals surface area contributed by atoms with E-state index in [-0.39, 0.29) is 16.8 Å². The first kappa shape index (κ1) is 19.3. The van der Waals surface area contributed by atoms with Gasteiger partial charge in [-0.2, -0.15) is 5.10 Å². The quantitative estimate of drug-likeness (QED) is 0.753. The van der Waals surface area contributed by atoms with Crippen LogP contribution in [-0.4, -0.2) is 25.7 Å². The number of benzene rings is 1. The maximum atomic E-state index is 14.1. The second-order valence-electron chi connectivity index (χ2n) is 7.36. The molecule has 3 aromatic rings. The van der Waals surface area contributed by atoms with E-state index in [9.17, 15) is 14.0 Å². The zero-order valence-electron chi connectivity index (χ0n) is 16.0. The lowest BCUT2D eigenvalue weighted by atomic mass is 9.96. The summed E-state index contributed by atoms with van der Waals surface area (Å²) < 4.78 is 15.3. The van der Waals surface area contributed by atoms with Crippen molar-refractivity contribution in [3.8, 4) is 5.69 Å². The predicted octanol–water partition coefficient (Wildman–Crippen LogP) is 3.02. The van der Waals surface area contributed by atoms with Crippen LogP contribution in [-0.2, 0) is 5.41 Å². The Balaban J connectivity index is 1.93. The van der Waals surface area contributed by atoms with Crippen LogP contribution >= 0.6 is 0 Å². The molecule has 0 aliphatic heterocycles. The first-order valence-electron chi connectivity index (χ1n) is 8.66. The molecular formula is C20H20FN5O2. The molecular weight excluding hydrogens is 361 g/mol. The van der Waals surface area contributed by atoms with Crippen LogP contribution < -0.4 is 10.7 Å². The highest BCUT2D eigenvalue weighted by Crippen LogP contribution is 2.18. The maximum Gasteiger partial charge on any atom is 0.280 e. The number of para-hydroxylation sites is 1. The van der Waals surface area contributed by atoms with Crippen molar-refractivity contribution in [1.82, 2.24) is 19.7 Å². The van der Waals surface area contributed by atoms with Crippen molar-refractivity contribution in [3.05, 3.63) is 76.0 Å². The van der Waals surface area contributed by atoms with Gasteiger partial charge in [-0.25, -0.2) is 19.0 Å². The van der Waals surface area contributed by atoms with Gasteiger partial charge in [0.05, 0.1) is 18.1 Å². The highest BCUT2D eigenvalue weighted by molar-refractivity contribution is 6.02. The SMILES string of the molecule is Cc1cc(=O)c(C(=O)Nc2cnc(C(C)(C)C)nc2)nn1-c1ccccc1F. The number of carbonyl (C=O) groups excluding carboxylic acids is 1. The molecule has 2 heterocycles. The summed E-state index contributed by atoms with van der Waals surface area (Å²) in [7, 11) is 0. The first-order chi connectivity index (χ1) is 13.2. The highest BCUT2D eigenvalue weighted by atomic mass is 19.1. The third-order valence-corrected chi connectivity index (χ3v) is 3.98. The van der Waals surface area contributed by atoms with Crippen LogP contribution in [0.25, 0.3) is 5.69 Å². The molecule has 0 spiro atoms. The van der Waals surface area contributed by atoms with Crippen LogP contribution in [0.5, 0.6) is 0 Å². The molecule has 0 saturated heterocycles. The van der Waals surface area contributed by atoms with E-state index in [0.29, 0.717) is 17.2 Å². The third kappa shape index (κ3) is 3.95. The molecule has 28 heavy (non-hydrogen) atoms. The topological polar surface area (TPSA) is 89.8 Å². The van der Waals surface area contributed by atoms with Crippen molar-refractivity contribution < 1.29 is 9.18 Å². The Morgan fingerprint density at radius 2 is 1.79 bits per heavy atom. The summed E-state index contributed by atoms with van der Waals surface area (Å²) in [6.07, 6.45) is 2.93. The van der Waals surface area contributed by atoms with Gasteiger partial charge >= 0.3 is 0 Å². The number of hydrogen-bond acceptors (Lipinski definition) is 5. The molecule has 0 atom stereocenters. The van der Waals surface area contributed by atoms with E-state index in [1.54, 1.807) is 19.1 Å². The molecule has 0 fully saturated rings. The van der Waals surface area contributed by atoms with Gasteiger partial charge in [-0.1, -0.05) is 32.9 Å². The summed E-state index contributed by atoms with van der Waals surface area (Å²) in [5.41, 5.74) is -0.258. The summed E-state index contributed by atoms with van der Waals surface area (Å²) >= 11 is 0. The molecule has 0 saturated carbocycles. The van der Waals surface area contributed by atoms with Gasteiger partial charge in [0, 0.05) is 17.2 Å². The van der Waals surface area contributed by atoms with E-state index in [1.807, 2.05) is 20.8 Å². The van der Waals surface area contributed by atoms with Crippen LogP contribution in [0.4, 0.5) is 10.1 Å². The van der Waals surface area contributed by atoms with Crippen LogP contribution in [0.3, 0.4) is 0 Å². The maximum absolute atomic E-state index is 14.1. The fourth-order valence-electron chi connectivity index (χ4n) is 2.54. The van der Waals surface area contributed by atoms with Crippen molar-refractivity contribution in [2.45, 2.75) is 33.1 Å². The second kappa shape index (κ2) is 7.30. The highest BCUT2D eigenvalue weighted by Gasteiger charge is 2.19. The monoisotopic (exact) mass is 381 g/mol. The Kier molecular flexibility index (Phi) is 5.04. The summed E-state index contributed by atoms with van der Waals surface area (Å²) in [5, 5.41) is 6.62. The number of hydrogen-bond donors (Lipinski definition) is 1. The number of halogens is 1. The predicted molar refractivity (Wildman–Crippen MR) is 103 cm³/mol. The van der Waals surface area contributed by atoms with Crippen molar-refractivity contribution in [2.75, 3.05) is 5.32 Å². The summed E-state index contributed by atoms with van der Waals surface area (Å²) in [5.74, 6) is -0.609. The fourth-order valence-corrected chi connectivity index (χ4v) is 2.54. The first-order valence-corrected chi connectivity index (χ1v) is 8.66. The van der Waals surface area contributed by atoms with Gasteiger partial charge in [-0.15, -0.1) is 0 Å². The molecule has 1 N–H and O–H groups in total. The number of nitrogens with zero attached hydrogens (tertiary/aromatic N) is 4. The lowest BCUT2D eigenvalue weighted by Gasteiger charge is -2.16. The number of carbonyl (C=O) groups is 1. The molecule has 0 radical (unpaired) electrons. The van der Waals surface area contributed by atoms with Crippen LogP contribution in [0.15, 0.2) is 47.5 Å². The Morgan fingerprint density at radius 1 is 1.14 bits per heavy atom. The van der Waals surface area contributed by atoms with Crippen molar-refractivity contribution >= 4 is 11.6 Å². The summed E-state index contributed by atoms with van der Waals surface area (Å²) in [6, 6.07) is 7.23. The Bertz CT molecular complexity index is 1080. The third-order valence-electron chi connectivity index (χ3n) is 3.98. The smallest absolute Gasteiger partial charge is 0.280 e. The molecule has 3 rings (SSSR count). The molecule has 1 amide bonds. The van der Waals surface area contributed by atoms with Crippen LogP contribution in [0.1, 0.15) is 42.8 Å². The second-order valence-corrected chi connectivity index (χ2v) is 7.36. The number of amides is 1. The average molecular weight is 381 g/mol. The van der Waals surface area contributed by atoms with E-state index in [4.69, 9.17) is 0 Å². The van der Waals surface area contributed by atoms with E-state index in [2.05, 4.69) is 20.4 Å². The van der Waals surface area contributed by atoms with Crippen LogP contribution in [0, 0.1) is 12.7 Å². The largest absolute Gasteiger partial charge is 0.318 e. The minimum Gasteiger partial charge on any atom is -0.318 e. The fraction of sp³-hybridized carbons (Fsp3) is 0.250. The number of aryl methyl sites for hydroxylation is 1. The van der Waals surface area contributed by atoms with Crippen molar-refractivity contribution in [2.24, 2.45) is 0 Å². The minimum absolute atomic E-state index is 0.145. The van der Waals surface area contributed by atoms with E-state index < -0.39 is 17.2 Å². The van der Waals surface area contributed by atoms with Gasteiger partial charge in [0.2, 0.25) is 5.43 Å². The number of anilines is 1. The van der Waals surface area contributed by atoms with Gasteiger partial charge in [0.15, 0.2) is 5.69 Å². The van der Waals surface area contributed by atoms with Gasteiger partial charge in [0.1, 0.15) is 17.3 Å². The van der Waals surface area contributed by atoms with Crippen LogP contribution in [0.2, 0.25) is 0 Å². The van der Waals surface area contributed by atoms with E-state index >= 15 is 0 Å². The molecule has 0 aliphatic carbocycles. The summed E-state index contributed by atoms with van der Waals surface area (Å²) in [6.45, 7) is 7.54. The molecule has 144 valence electrons. The lowest BCUT2D eigenvalue weighted by molar-refractivity contribution is 0.101. The number of aromatic nitrogens is 4. The van der Waals surface area contributed by atoms with Crippen molar-refractivity contribution in [3.63, 3.8) is 0 Å². The normalized spacial score (nSPS) is 11.3. The van der Waals surface area contributed by atoms with Crippen molar-refractivity contribution in [1.29, 1.82) is 0 Å². The molecule has 0 bridgehead atoms. The number of nitrogens with one attached hydrogen (secondary N) is 1. The van der Waals surface area contributed by atoms with Gasteiger partial charge in [-0.05, 0) is 19.1 Å². The Morgan fingerprint density at radius 3 is 2.39 bits per heavy atom. The zero-order chi connectivity index (χ0) is 20.5. The molecule has 7 nitrogen and oxygen atoms in total. The van der Waals surface area contributed by atoms with E-state index in [0.717, 1.165) is 0 Å².